The monoisotopic (exact) mass is 394 g/mol. The number of nitrogens with one attached hydrogen (secondary N) is 1. The third kappa shape index (κ3) is 3.67. The quantitative estimate of drug-likeness (QED) is 0.693. The highest BCUT2D eigenvalue weighted by Crippen LogP contribution is 2.30. The summed E-state index contributed by atoms with van der Waals surface area (Å²) in [5.74, 6) is -0.783. The number of carbonyl (C=O) groups excluding carboxylic acids is 2. The Kier molecular flexibility index (Phi) is 5.82. The smallest absolute Gasteiger partial charge is 0.251 e. The van der Waals surface area contributed by atoms with E-state index in [2.05, 4.69) is 4.98 Å². The normalized spacial score (nSPS) is 12.6. The minimum absolute atomic E-state index is 0.00236. The fraction of sp³-hybridized carbons (Fsp3) is 0.391. The average molecular weight is 394 g/mol. The second-order valence-corrected chi connectivity index (χ2v) is 7.71. The van der Waals surface area contributed by atoms with Crippen LogP contribution >= 0.6 is 0 Å². The minimum atomic E-state index is -0.470. The second kappa shape index (κ2) is 8.15. The first kappa shape index (κ1) is 20.7. The van der Waals surface area contributed by atoms with Gasteiger partial charge in [0.1, 0.15) is 11.4 Å². The fourth-order valence-corrected chi connectivity index (χ4v) is 3.86. The molecule has 1 aliphatic rings. The third-order valence-corrected chi connectivity index (χ3v) is 5.06. The van der Waals surface area contributed by atoms with E-state index in [0.29, 0.717) is 30.5 Å². The molecule has 0 saturated heterocycles. The maximum Gasteiger partial charge on any atom is 0.251 e. The fourth-order valence-electron chi connectivity index (χ4n) is 3.86. The zero-order valence-corrected chi connectivity index (χ0v) is 17.3. The van der Waals surface area contributed by atoms with Crippen LogP contribution in [0.4, 0.5) is 0 Å². The van der Waals surface area contributed by atoms with Gasteiger partial charge in [0.2, 0.25) is 11.3 Å². The molecular weight excluding hydrogens is 368 g/mol. The summed E-state index contributed by atoms with van der Waals surface area (Å²) >= 11 is 0. The molecule has 2 aromatic rings. The van der Waals surface area contributed by atoms with Crippen LogP contribution in [-0.2, 0) is 13.0 Å². The standard InChI is InChI=1S/C23H26N2O4/c1-5-7-9-25-17(27)12-15(10-13(3)4)19-21(25)23(29)20-18(22(19)28)14(8-6-2)11-16(26)24-20/h10-12H,5-9H2,1-4H3,(H,24,26). The summed E-state index contributed by atoms with van der Waals surface area (Å²) in [6.07, 6.45) is 4.56. The van der Waals surface area contributed by atoms with Crippen LogP contribution in [0.15, 0.2) is 27.3 Å². The van der Waals surface area contributed by atoms with E-state index < -0.39 is 11.3 Å². The van der Waals surface area contributed by atoms with Gasteiger partial charge >= 0.3 is 0 Å². The van der Waals surface area contributed by atoms with E-state index in [1.807, 2.05) is 27.7 Å². The number of allylic oxidation sites excluding steroid dienone is 1. The number of rotatable bonds is 6. The van der Waals surface area contributed by atoms with Crippen LogP contribution < -0.4 is 11.1 Å². The molecule has 1 N–H and O–H groups in total. The van der Waals surface area contributed by atoms with Crippen molar-refractivity contribution in [2.24, 2.45) is 0 Å². The van der Waals surface area contributed by atoms with Gasteiger partial charge in [-0.2, -0.15) is 0 Å². The van der Waals surface area contributed by atoms with Crippen LogP contribution in [0.3, 0.4) is 0 Å². The predicted octanol–water partition coefficient (Wildman–Crippen LogP) is 3.49. The van der Waals surface area contributed by atoms with Gasteiger partial charge in [0.15, 0.2) is 5.78 Å². The molecule has 0 aliphatic heterocycles. The lowest BCUT2D eigenvalue weighted by atomic mass is 9.83. The lowest BCUT2D eigenvalue weighted by Crippen LogP contribution is -2.36. The van der Waals surface area contributed by atoms with Crippen LogP contribution in [0.25, 0.3) is 6.08 Å². The number of unbranched alkanes of at least 4 members (excludes halogenated alkanes) is 1. The van der Waals surface area contributed by atoms with Crippen molar-refractivity contribution in [1.82, 2.24) is 9.55 Å². The zero-order valence-electron chi connectivity index (χ0n) is 17.3. The van der Waals surface area contributed by atoms with Gasteiger partial charge in [-0.3, -0.25) is 19.2 Å². The molecule has 0 amide bonds. The molecule has 1 aliphatic carbocycles. The van der Waals surface area contributed by atoms with Crippen molar-refractivity contribution in [3.05, 3.63) is 72.1 Å². The summed E-state index contributed by atoms with van der Waals surface area (Å²) in [6.45, 7) is 8.04. The highest BCUT2D eigenvalue weighted by molar-refractivity contribution is 6.28. The molecule has 6 nitrogen and oxygen atoms in total. The number of aromatic nitrogens is 2. The molecule has 0 fully saturated rings. The molecule has 0 radical (unpaired) electrons. The number of pyridine rings is 2. The number of fused-ring (bicyclic) bond motifs is 2. The summed E-state index contributed by atoms with van der Waals surface area (Å²) in [4.78, 5) is 54.5. The number of ketones is 2. The largest absolute Gasteiger partial charge is 0.318 e. The Hall–Kier alpha value is -3.02. The summed E-state index contributed by atoms with van der Waals surface area (Å²) in [5.41, 5.74) is 1.80. The van der Waals surface area contributed by atoms with Crippen LogP contribution in [-0.4, -0.2) is 21.1 Å². The van der Waals surface area contributed by atoms with E-state index in [0.717, 1.165) is 18.4 Å². The molecule has 0 atom stereocenters. The van der Waals surface area contributed by atoms with Gasteiger partial charge in [-0.25, -0.2) is 0 Å². The van der Waals surface area contributed by atoms with Crippen molar-refractivity contribution in [3.63, 3.8) is 0 Å². The van der Waals surface area contributed by atoms with Crippen molar-refractivity contribution in [1.29, 1.82) is 0 Å². The first-order valence-corrected chi connectivity index (χ1v) is 10.1. The van der Waals surface area contributed by atoms with Gasteiger partial charge in [0, 0.05) is 18.7 Å². The minimum Gasteiger partial charge on any atom is -0.318 e. The lowest BCUT2D eigenvalue weighted by Gasteiger charge is -2.24. The highest BCUT2D eigenvalue weighted by atomic mass is 16.2. The van der Waals surface area contributed by atoms with Crippen LogP contribution in [0.2, 0.25) is 0 Å². The van der Waals surface area contributed by atoms with E-state index in [-0.39, 0.29) is 33.9 Å². The van der Waals surface area contributed by atoms with Gasteiger partial charge < -0.3 is 9.55 Å². The third-order valence-electron chi connectivity index (χ3n) is 5.06. The van der Waals surface area contributed by atoms with Crippen molar-refractivity contribution in [2.45, 2.75) is 59.9 Å². The number of hydrogen-bond donors (Lipinski definition) is 1. The zero-order chi connectivity index (χ0) is 21.3. The number of hydrogen-bond acceptors (Lipinski definition) is 4. The predicted molar refractivity (Wildman–Crippen MR) is 113 cm³/mol. The van der Waals surface area contributed by atoms with Gasteiger partial charge in [-0.05, 0) is 37.8 Å². The topological polar surface area (TPSA) is 89.0 Å². The number of nitrogens with zero attached hydrogens (tertiary/aromatic N) is 1. The molecule has 152 valence electrons. The SMILES string of the molecule is CCCCn1c2c(c(C=C(C)C)cc1=O)C(=O)c1c(CCC)cc(=O)[nH]c1C2=O. The lowest BCUT2D eigenvalue weighted by molar-refractivity contribution is 0.0965. The average Bonchev–Trinajstić information content (AvgIpc) is 2.64. The number of aryl methyl sites for hydroxylation is 1. The Morgan fingerprint density at radius 1 is 1.00 bits per heavy atom. The summed E-state index contributed by atoms with van der Waals surface area (Å²) in [6, 6.07) is 2.83. The summed E-state index contributed by atoms with van der Waals surface area (Å²) < 4.78 is 1.38. The highest BCUT2D eigenvalue weighted by Gasteiger charge is 2.36. The van der Waals surface area contributed by atoms with E-state index in [1.54, 1.807) is 6.08 Å². The Balaban J connectivity index is 2.41. The molecule has 0 saturated carbocycles. The maximum atomic E-state index is 13.6. The summed E-state index contributed by atoms with van der Waals surface area (Å²) in [7, 11) is 0. The molecule has 3 rings (SSSR count). The Morgan fingerprint density at radius 3 is 2.34 bits per heavy atom. The molecule has 0 unspecified atom stereocenters. The Morgan fingerprint density at radius 2 is 1.72 bits per heavy atom. The molecule has 2 aromatic heterocycles. The van der Waals surface area contributed by atoms with Crippen molar-refractivity contribution < 1.29 is 9.59 Å². The Labute approximate surface area is 169 Å². The van der Waals surface area contributed by atoms with Crippen LogP contribution in [0.5, 0.6) is 0 Å². The van der Waals surface area contributed by atoms with Gasteiger partial charge in [-0.15, -0.1) is 0 Å². The van der Waals surface area contributed by atoms with Crippen LogP contribution in [0.1, 0.15) is 90.2 Å². The van der Waals surface area contributed by atoms with Crippen molar-refractivity contribution in [3.8, 4) is 0 Å². The number of H-pyrrole nitrogens is 1. The van der Waals surface area contributed by atoms with Crippen molar-refractivity contribution in [2.75, 3.05) is 0 Å². The maximum absolute atomic E-state index is 13.6. The van der Waals surface area contributed by atoms with E-state index in [1.165, 1.54) is 16.7 Å². The Bertz CT molecular complexity index is 1140. The van der Waals surface area contributed by atoms with Gasteiger partial charge in [0.05, 0.1) is 11.1 Å². The van der Waals surface area contributed by atoms with Crippen molar-refractivity contribution >= 4 is 17.6 Å². The molecule has 0 bridgehead atoms. The second-order valence-electron chi connectivity index (χ2n) is 7.71. The first-order valence-electron chi connectivity index (χ1n) is 10.1. The van der Waals surface area contributed by atoms with E-state index >= 15 is 0 Å². The van der Waals surface area contributed by atoms with E-state index in [4.69, 9.17) is 0 Å². The van der Waals surface area contributed by atoms with Gasteiger partial charge in [-0.1, -0.05) is 38.3 Å². The summed E-state index contributed by atoms with van der Waals surface area (Å²) in [5, 5.41) is 0. The molecule has 29 heavy (non-hydrogen) atoms. The van der Waals surface area contributed by atoms with E-state index in [9.17, 15) is 19.2 Å². The number of carbonyl (C=O) groups is 2. The molecule has 2 heterocycles. The van der Waals surface area contributed by atoms with Gasteiger partial charge in [0.25, 0.3) is 5.56 Å². The molecule has 0 spiro atoms. The number of aromatic amines is 1. The molecule has 6 heteroatoms. The van der Waals surface area contributed by atoms with Crippen LogP contribution in [0, 0.1) is 0 Å². The molecule has 0 aromatic carbocycles. The first-order chi connectivity index (χ1) is 13.8. The molecular formula is C23H26N2O4.